The lowest BCUT2D eigenvalue weighted by Gasteiger charge is -2.21. The van der Waals surface area contributed by atoms with E-state index in [-0.39, 0.29) is 11.5 Å². The highest BCUT2D eigenvalue weighted by molar-refractivity contribution is 5.95. The summed E-state index contributed by atoms with van der Waals surface area (Å²) in [6, 6.07) is 4.47. The van der Waals surface area contributed by atoms with Crippen LogP contribution in [0.3, 0.4) is 0 Å². The maximum atomic E-state index is 11.3. The molecule has 1 aromatic rings. The SMILES string of the molecule is C#CCN(CCC)c1ccc(C(C)=O)cc1[N+](=O)[O-]. The van der Waals surface area contributed by atoms with Crippen molar-refractivity contribution in [2.75, 3.05) is 18.0 Å². The van der Waals surface area contributed by atoms with Crippen molar-refractivity contribution in [3.8, 4) is 12.3 Å². The predicted octanol–water partition coefficient (Wildman–Crippen LogP) is 2.65. The van der Waals surface area contributed by atoms with Crippen LogP contribution < -0.4 is 4.90 Å². The van der Waals surface area contributed by atoms with Gasteiger partial charge in [0.05, 0.1) is 11.5 Å². The molecule has 0 heterocycles. The number of terminal acetylenes is 1. The van der Waals surface area contributed by atoms with Gasteiger partial charge in [-0.1, -0.05) is 12.8 Å². The molecular formula is C14H16N2O3. The molecule has 0 aliphatic carbocycles. The van der Waals surface area contributed by atoms with Gasteiger partial charge < -0.3 is 4.90 Å². The molecule has 19 heavy (non-hydrogen) atoms. The second-order valence-corrected chi connectivity index (χ2v) is 4.14. The summed E-state index contributed by atoms with van der Waals surface area (Å²) in [6.07, 6.45) is 6.11. The van der Waals surface area contributed by atoms with Crippen molar-refractivity contribution >= 4 is 17.2 Å². The Balaban J connectivity index is 3.29. The Morgan fingerprint density at radius 1 is 1.53 bits per heavy atom. The molecule has 0 amide bonds. The smallest absolute Gasteiger partial charge is 0.293 e. The average molecular weight is 260 g/mol. The third-order valence-electron chi connectivity index (χ3n) is 2.69. The van der Waals surface area contributed by atoms with E-state index in [0.717, 1.165) is 6.42 Å². The average Bonchev–Trinajstić information content (AvgIpc) is 2.37. The molecule has 0 aliphatic heterocycles. The molecule has 1 rings (SSSR count). The Bertz CT molecular complexity index is 532. The van der Waals surface area contributed by atoms with E-state index >= 15 is 0 Å². The number of carbonyl (C=O) groups excluding carboxylic acids is 1. The number of rotatable bonds is 6. The zero-order valence-electron chi connectivity index (χ0n) is 11.0. The molecule has 0 saturated carbocycles. The van der Waals surface area contributed by atoms with Gasteiger partial charge in [-0.2, -0.15) is 0 Å². The largest absolute Gasteiger partial charge is 0.355 e. The van der Waals surface area contributed by atoms with Gasteiger partial charge in [0.2, 0.25) is 0 Å². The second-order valence-electron chi connectivity index (χ2n) is 4.14. The number of hydrogen-bond acceptors (Lipinski definition) is 4. The second kappa shape index (κ2) is 6.55. The van der Waals surface area contributed by atoms with Crippen molar-refractivity contribution in [2.24, 2.45) is 0 Å². The highest BCUT2D eigenvalue weighted by Gasteiger charge is 2.20. The first-order valence-electron chi connectivity index (χ1n) is 5.99. The molecule has 0 atom stereocenters. The molecule has 0 bridgehead atoms. The van der Waals surface area contributed by atoms with Gasteiger partial charge in [0.15, 0.2) is 5.78 Å². The Morgan fingerprint density at radius 2 is 2.21 bits per heavy atom. The number of anilines is 1. The van der Waals surface area contributed by atoms with Gasteiger partial charge in [0.25, 0.3) is 5.69 Å². The Morgan fingerprint density at radius 3 is 2.68 bits per heavy atom. The molecule has 0 N–H and O–H groups in total. The van der Waals surface area contributed by atoms with E-state index in [1.165, 1.54) is 13.0 Å². The van der Waals surface area contributed by atoms with Crippen LogP contribution in [0.4, 0.5) is 11.4 Å². The van der Waals surface area contributed by atoms with Gasteiger partial charge in [0, 0.05) is 18.2 Å². The highest BCUT2D eigenvalue weighted by atomic mass is 16.6. The summed E-state index contributed by atoms with van der Waals surface area (Å²) in [4.78, 5) is 23.7. The number of nitro benzene ring substituents is 1. The minimum absolute atomic E-state index is 0.0867. The number of Topliss-reactive ketones (excluding diaryl/α,β-unsaturated/α-hetero) is 1. The molecule has 0 aromatic heterocycles. The first-order valence-corrected chi connectivity index (χ1v) is 5.99. The molecule has 100 valence electrons. The molecular weight excluding hydrogens is 244 g/mol. The van der Waals surface area contributed by atoms with Gasteiger partial charge in [0.1, 0.15) is 5.69 Å². The normalized spacial score (nSPS) is 9.74. The van der Waals surface area contributed by atoms with Crippen molar-refractivity contribution < 1.29 is 9.72 Å². The fourth-order valence-electron chi connectivity index (χ4n) is 1.82. The summed E-state index contributed by atoms with van der Waals surface area (Å²) in [6.45, 7) is 4.28. The monoisotopic (exact) mass is 260 g/mol. The highest BCUT2D eigenvalue weighted by Crippen LogP contribution is 2.29. The molecule has 0 fully saturated rings. The summed E-state index contributed by atoms with van der Waals surface area (Å²) in [7, 11) is 0. The maximum absolute atomic E-state index is 11.3. The van der Waals surface area contributed by atoms with Gasteiger partial charge >= 0.3 is 0 Å². The molecule has 0 saturated heterocycles. The quantitative estimate of drug-likeness (QED) is 0.341. The Labute approximate surface area is 112 Å². The molecule has 5 heteroatoms. The molecule has 0 unspecified atom stereocenters. The molecule has 1 aromatic carbocycles. The minimum Gasteiger partial charge on any atom is -0.355 e. The van der Waals surface area contributed by atoms with Gasteiger partial charge in [-0.15, -0.1) is 6.42 Å². The van der Waals surface area contributed by atoms with E-state index in [1.807, 2.05) is 6.92 Å². The fourth-order valence-corrected chi connectivity index (χ4v) is 1.82. The van der Waals surface area contributed by atoms with E-state index in [2.05, 4.69) is 5.92 Å². The number of nitro groups is 1. The van der Waals surface area contributed by atoms with Crippen LogP contribution in [-0.2, 0) is 0 Å². The first kappa shape index (κ1) is 14.7. The molecule has 5 nitrogen and oxygen atoms in total. The number of ketones is 1. The summed E-state index contributed by atoms with van der Waals surface area (Å²) in [5, 5.41) is 11.1. The van der Waals surface area contributed by atoms with Crippen molar-refractivity contribution in [1.82, 2.24) is 0 Å². The van der Waals surface area contributed by atoms with Crippen LogP contribution in [0.15, 0.2) is 18.2 Å². The van der Waals surface area contributed by atoms with Gasteiger partial charge in [-0.3, -0.25) is 14.9 Å². The summed E-state index contributed by atoms with van der Waals surface area (Å²) in [5.74, 6) is 2.29. The van der Waals surface area contributed by atoms with Crippen molar-refractivity contribution in [1.29, 1.82) is 0 Å². The number of benzene rings is 1. The van der Waals surface area contributed by atoms with Crippen molar-refractivity contribution in [2.45, 2.75) is 20.3 Å². The van der Waals surface area contributed by atoms with Gasteiger partial charge in [-0.05, 0) is 25.5 Å². The molecule has 0 aliphatic rings. The lowest BCUT2D eigenvalue weighted by Crippen LogP contribution is -2.25. The standard InChI is InChI=1S/C14H16N2O3/c1-4-8-15(9-5-2)13-7-6-12(11(3)17)10-14(13)16(18)19/h1,6-7,10H,5,8-9H2,2-3H3. The molecule has 0 radical (unpaired) electrons. The van der Waals surface area contributed by atoms with Crippen molar-refractivity contribution in [3.63, 3.8) is 0 Å². The lowest BCUT2D eigenvalue weighted by molar-refractivity contribution is -0.384. The lowest BCUT2D eigenvalue weighted by atomic mass is 10.1. The Kier molecular flexibility index (Phi) is 5.07. The zero-order valence-corrected chi connectivity index (χ0v) is 11.0. The summed E-state index contributed by atoms with van der Waals surface area (Å²) in [5.41, 5.74) is 0.693. The predicted molar refractivity (Wildman–Crippen MR) is 74.4 cm³/mol. The van der Waals surface area contributed by atoms with E-state index in [4.69, 9.17) is 6.42 Å². The fraction of sp³-hybridized carbons (Fsp3) is 0.357. The van der Waals surface area contributed by atoms with Crippen LogP contribution in [-0.4, -0.2) is 23.8 Å². The van der Waals surface area contributed by atoms with Crippen LogP contribution in [0.25, 0.3) is 0 Å². The third-order valence-corrected chi connectivity index (χ3v) is 2.69. The minimum atomic E-state index is -0.485. The topological polar surface area (TPSA) is 63.5 Å². The third kappa shape index (κ3) is 3.55. The van der Waals surface area contributed by atoms with E-state index in [0.29, 0.717) is 24.3 Å². The number of carbonyl (C=O) groups is 1. The van der Waals surface area contributed by atoms with Crippen LogP contribution in [0.5, 0.6) is 0 Å². The van der Waals surface area contributed by atoms with Crippen LogP contribution in [0.1, 0.15) is 30.6 Å². The Hall–Kier alpha value is -2.35. The van der Waals surface area contributed by atoms with Crippen LogP contribution in [0.2, 0.25) is 0 Å². The zero-order chi connectivity index (χ0) is 14.4. The van der Waals surface area contributed by atoms with E-state index in [1.54, 1.807) is 17.0 Å². The first-order chi connectivity index (χ1) is 9.01. The molecule has 0 spiro atoms. The van der Waals surface area contributed by atoms with Crippen LogP contribution in [0, 0.1) is 22.5 Å². The summed E-state index contributed by atoms with van der Waals surface area (Å²) >= 11 is 0. The van der Waals surface area contributed by atoms with Gasteiger partial charge in [-0.25, -0.2) is 0 Å². The maximum Gasteiger partial charge on any atom is 0.293 e. The van der Waals surface area contributed by atoms with Crippen molar-refractivity contribution in [3.05, 3.63) is 33.9 Å². The summed E-state index contributed by atoms with van der Waals surface area (Å²) < 4.78 is 0. The van der Waals surface area contributed by atoms with Crippen LogP contribution >= 0.6 is 0 Å². The number of hydrogen-bond donors (Lipinski definition) is 0. The van der Waals surface area contributed by atoms with E-state index < -0.39 is 4.92 Å². The van der Waals surface area contributed by atoms with E-state index in [9.17, 15) is 14.9 Å². The number of nitrogens with zero attached hydrogens (tertiary/aromatic N) is 2.